The van der Waals surface area contributed by atoms with Crippen molar-refractivity contribution in [3.8, 4) is 11.5 Å². The molecule has 0 aliphatic heterocycles. The van der Waals surface area contributed by atoms with Gasteiger partial charge in [-0.25, -0.2) is 18.0 Å². The minimum atomic E-state index is -4.16. The summed E-state index contributed by atoms with van der Waals surface area (Å²) in [5.74, 6) is -1.63. The summed E-state index contributed by atoms with van der Waals surface area (Å²) >= 11 is 5.89. The summed E-state index contributed by atoms with van der Waals surface area (Å²) in [6.45, 7) is 0. The molecule has 8 heteroatoms. The lowest BCUT2D eigenvalue weighted by Crippen LogP contribution is -2.13. The zero-order valence-electron chi connectivity index (χ0n) is 17.6. The first-order valence-corrected chi connectivity index (χ1v) is 11.9. The Bertz CT molecular complexity index is 1430. The molecule has 0 fully saturated rings. The van der Waals surface area contributed by atoms with Gasteiger partial charge in [-0.1, -0.05) is 48.0 Å². The number of carbonyl (C=O) groups excluding carboxylic acids is 2. The normalized spacial score (nSPS) is 11.0. The predicted molar refractivity (Wildman–Crippen MR) is 126 cm³/mol. The van der Waals surface area contributed by atoms with Gasteiger partial charge >= 0.3 is 11.9 Å². The first kappa shape index (κ1) is 23.2. The van der Waals surface area contributed by atoms with Crippen LogP contribution >= 0.6 is 11.6 Å². The summed E-state index contributed by atoms with van der Waals surface area (Å²) in [7, 11) is -4.16. The molecule has 0 aromatic heterocycles. The molecular formula is C26H17ClO6S. The van der Waals surface area contributed by atoms with E-state index in [-0.39, 0.29) is 26.9 Å². The van der Waals surface area contributed by atoms with Crippen molar-refractivity contribution in [1.82, 2.24) is 0 Å². The lowest BCUT2D eigenvalue weighted by Gasteiger charge is -2.13. The Labute approximate surface area is 201 Å². The van der Waals surface area contributed by atoms with E-state index in [9.17, 15) is 18.0 Å². The van der Waals surface area contributed by atoms with Crippen LogP contribution < -0.4 is 9.47 Å². The zero-order valence-corrected chi connectivity index (χ0v) is 19.1. The maximum absolute atomic E-state index is 13.4. The van der Waals surface area contributed by atoms with Crippen molar-refractivity contribution in [2.75, 3.05) is 0 Å². The molecule has 4 aromatic carbocycles. The molecule has 0 aliphatic rings. The van der Waals surface area contributed by atoms with Crippen LogP contribution in [0.4, 0.5) is 0 Å². The number of esters is 2. The van der Waals surface area contributed by atoms with Crippen LogP contribution in [0.25, 0.3) is 0 Å². The van der Waals surface area contributed by atoms with Crippen LogP contribution in [-0.2, 0) is 9.84 Å². The molecule has 4 rings (SSSR count). The summed E-state index contributed by atoms with van der Waals surface area (Å²) in [6, 6.07) is 25.7. The molecule has 0 saturated heterocycles. The number of rotatable bonds is 6. The van der Waals surface area contributed by atoms with E-state index in [0.717, 1.165) is 6.07 Å². The fourth-order valence-electron chi connectivity index (χ4n) is 3.06. The van der Waals surface area contributed by atoms with Crippen molar-refractivity contribution in [3.05, 3.63) is 119 Å². The minimum absolute atomic E-state index is 0.0269. The second-order valence-electron chi connectivity index (χ2n) is 7.08. The van der Waals surface area contributed by atoms with Gasteiger partial charge in [0.1, 0.15) is 10.6 Å². The number of hydrogen-bond donors (Lipinski definition) is 0. The third kappa shape index (κ3) is 5.17. The van der Waals surface area contributed by atoms with Gasteiger partial charge in [0.25, 0.3) is 0 Å². The van der Waals surface area contributed by atoms with Crippen molar-refractivity contribution >= 4 is 33.4 Å². The first-order chi connectivity index (χ1) is 16.3. The first-order valence-electron chi connectivity index (χ1n) is 10.0. The molecule has 0 spiro atoms. The number of sulfone groups is 1. The van der Waals surface area contributed by atoms with E-state index in [1.54, 1.807) is 60.7 Å². The lowest BCUT2D eigenvalue weighted by atomic mass is 10.2. The molecule has 0 heterocycles. The second-order valence-corrected chi connectivity index (χ2v) is 9.43. The highest BCUT2D eigenvalue weighted by Crippen LogP contribution is 2.34. The summed E-state index contributed by atoms with van der Waals surface area (Å²) < 4.78 is 37.6. The van der Waals surface area contributed by atoms with Crippen LogP contribution in [-0.4, -0.2) is 20.4 Å². The number of carbonyl (C=O) groups is 2. The molecule has 0 amide bonds. The van der Waals surface area contributed by atoms with Gasteiger partial charge in [0.2, 0.25) is 9.84 Å². The van der Waals surface area contributed by atoms with E-state index in [0.29, 0.717) is 10.6 Å². The quantitative estimate of drug-likeness (QED) is 0.257. The molecule has 6 nitrogen and oxygen atoms in total. The number of hydrogen-bond acceptors (Lipinski definition) is 6. The average Bonchev–Trinajstić information content (AvgIpc) is 2.86. The summed E-state index contributed by atoms with van der Waals surface area (Å²) in [4.78, 5) is 24.7. The Hall–Kier alpha value is -3.94. The lowest BCUT2D eigenvalue weighted by molar-refractivity contribution is 0.0715. The fraction of sp³-hybridized carbons (Fsp3) is 0. The van der Waals surface area contributed by atoms with Crippen LogP contribution in [0.3, 0.4) is 0 Å². The van der Waals surface area contributed by atoms with Gasteiger partial charge in [0, 0.05) is 11.1 Å². The molecule has 0 aliphatic carbocycles. The van der Waals surface area contributed by atoms with Crippen molar-refractivity contribution in [1.29, 1.82) is 0 Å². The summed E-state index contributed by atoms with van der Waals surface area (Å²) in [5, 5.41) is 0.361. The SMILES string of the molecule is O=C(Oc1ccc(OC(=O)c2ccccc2)c(S(=O)(=O)c2ccc(Cl)cc2)c1)c1ccccc1. The van der Waals surface area contributed by atoms with Crippen molar-refractivity contribution in [3.63, 3.8) is 0 Å². The van der Waals surface area contributed by atoms with Crippen LogP contribution in [0.15, 0.2) is 113 Å². The highest BCUT2D eigenvalue weighted by Gasteiger charge is 2.26. The Morgan fingerprint density at radius 1 is 0.647 bits per heavy atom. The van der Waals surface area contributed by atoms with Gasteiger partial charge in [-0.2, -0.15) is 0 Å². The van der Waals surface area contributed by atoms with E-state index in [4.69, 9.17) is 21.1 Å². The smallest absolute Gasteiger partial charge is 0.343 e. The molecule has 0 bridgehead atoms. The molecule has 0 unspecified atom stereocenters. The average molecular weight is 493 g/mol. The molecule has 170 valence electrons. The van der Waals surface area contributed by atoms with Crippen LogP contribution in [0, 0.1) is 0 Å². The maximum Gasteiger partial charge on any atom is 0.343 e. The third-order valence-corrected chi connectivity index (χ3v) is 6.80. The Morgan fingerprint density at radius 2 is 1.18 bits per heavy atom. The van der Waals surface area contributed by atoms with Gasteiger partial charge < -0.3 is 9.47 Å². The highest BCUT2D eigenvalue weighted by atomic mass is 35.5. The van der Waals surface area contributed by atoms with Crippen molar-refractivity contribution < 1.29 is 27.5 Å². The monoisotopic (exact) mass is 492 g/mol. The predicted octanol–water partition coefficient (Wildman–Crippen LogP) is 5.61. The summed E-state index contributed by atoms with van der Waals surface area (Å²) in [6.07, 6.45) is 0. The largest absolute Gasteiger partial charge is 0.423 e. The molecular weight excluding hydrogens is 476 g/mol. The maximum atomic E-state index is 13.4. The van der Waals surface area contributed by atoms with Gasteiger partial charge in [-0.3, -0.25) is 0 Å². The van der Waals surface area contributed by atoms with E-state index in [1.807, 2.05) is 0 Å². The number of ether oxygens (including phenoxy) is 2. The summed E-state index contributed by atoms with van der Waals surface area (Å²) in [5.41, 5.74) is 0.543. The third-order valence-electron chi connectivity index (χ3n) is 4.76. The van der Waals surface area contributed by atoms with E-state index in [1.165, 1.54) is 36.4 Å². The van der Waals surface area contributed by atoms with E-state index in [2.05, 4.69) is 0 Å². The highest BCUT2D eigenvalue weighted by molar-refractivity contribution is 7.91. The molecule has 34 heavy (non-hydrogen) atoms. The standard InChI is InChI=1S/C26H17ClO6S/c27-20-11-14-22(15-12-20)34(30,31)24-17-21(32-25(28)18-7-3-1-4-8-18)13-16-23(24)33-26(29)19-9-5-2-6-10-19/h1-17H. The van der Waals surface area contributed by atoms with E-state index < -0.39 is 21.8 Å². The fourth-order valence-corrected chi connectivity index (χ4v) is 4.58. The molecule has 0 saturated carbocycles. The molecule has 0 atom stereocenters. The van der Waals surface area contributed by atoms with Gasteiger partial charge in [-0.05, 0) is 60.7 Å². The Morgan fingerprint density at radius 3 is 1.74 bits per heavy atom. The zero-order chi connectivity index (χ0) is 24.1. The van der Waals surface area contributed by atoms with Gasteiger partial charge in [0.15, 0.2) is 5.75 Å². The molecule has 0 N–H and O–H groups in total. The van der Waals surface area contributed by atoms with E-state index >= 15 is 0 Å². The topological polar surface area (TPSA) is 86.7 Å². The van der Waals surface area contributed by atoms with Crippen molar-refractivity contribution in [2.45, 2.75) is 9.79 Å². The van der Waals surface area contributed by atoms with Crippen LogP contribution in [0.1, 0.15) is 20.7 Å². The Kier molecular flexibility index (Phi) is 6.77. The van der Waals surface area contributed by atoms with Gasteiger partial charge in [0.05, 0.1) is 16.0 Å². The second kappa shape index (κ2) is 9.91. The van der Waals surface area contributed by atoms with Crippen LogP contribution in [0.5, 0.6) is 11.5 Å². The number of benzene rings is 4. The van der Waals surface area contributed by atoms with Gasteiger partial charge in [-0.15, -0.1) is 0 Å². The minimum Gasteiger partial charge on any atom is -0.423 e. The molecule has 0 radical (unpaired) electrons. The van der Waals surface area contributed by atoms with Crippen LogP contribution in [0.2, 0.25) is 5.02 Å². The Balaban J connectivity index is 1.74. The number of halogens is 1. The van der Waals surface area contributed by atoms with Crippen molar-refractivity contribution in [2.24, 2.45) is 0 Å². The molecule has 4 aromatic rings.